The van der Waals surface area contributed by atoms with Crippen molar-refractivity contribution in [3.63, 3.8) is 0 Å². The van der Waals surface area contributed by atoms with Gasteiger partial charge in [-0.1, -0.05) is 6.92 Å². The van der Waals surface area contributed by atoms with Gasteiger partial charge in [-0.2, -0.15) is 0 Å². The minimum Gasteiger partial charge on any atom is -0.444 e. The van der Waals surface area contributed by atoms with E-state index in [4.69, 9.17) is 10.5 Å². The predicted molar refractivity (Wildman–Crippen MR) is 87.6 cm³/mol. The summed E-state index contributed by atoms with van der Waals surface area (Å²) in [4.78, 5) is 16.0. The Bertz CT molecular complexity index is 525. The Morgan fingerprint density at radius 3 is 2.73 bits per heavy atom. The number of aromatic nitrogens is 1. The molecule has 22 heavy (non-hydrogen) atoms. The summed E-state index contributed by atoms with van der Waals surface area (Å²) < 4.78 is 5.36. The number of anilines is 1. The van der Waals surface area contributed by atoms with Gasteiger partial charge in [0.2, 0.25) is 0 Å². The van der Waals surface area contributed by atoms with E-state index in [0.717, 1.165) is 30.5 Å². The number of hydrogen-bond donors (Lipinski definition) is 2. The zero-order valence-electron chi connectivity index (χ0n) is 13.9. The monoisotopic (exact) mass is 305 g/mol. The van der Waals surface area contributed by atoms with Gasteiger partial charge in [0.15, 0.2) is 0 Å². The summed E-state index contributed by atoms with van der Waals surface area (Å²) >= 11 is 0. The first-order valence-corrected chi connectivity index (χ1v) is 7.93. The van der Waals surface area contributed by atoms with Crippen molar-refractivity contribution in [2.75, 3.05) is 5.73 Å². The van der Waals surface area contributed by atoms with Gasteiger partial charge >= 0.3 is 6.09 Å². The first-order valence-electron chi connectivity index (χ1n) is 7.93. The number of pyridine rings is 1. The zero-order chi connectivity index (χ0) is 16.3. The fourth-order valence-corrected chi connectivity index (χ4v) is 3.24. The molecule has 1 aliphatic carbocycles. The van der Waals surface area contributed by atoms with E-state index in [0.29, 0.717) is 11.8 Å². The van der Waals surface area contributed by atoms with E-state index in [1.54, 1.807) is 12.4 Å². The summed E-state index contributed by atoms with van der Waals surface area (Å²) in [5.74, 6) is 0.887. The van der Waals surface area contributed by atoms with Gasteiger partial charge in [-0.25, -0.2) is 4.79 Å². The van der Waals surface area contributed by atoms with Crippen LogP contribution in [0.2, 0.25) is 0 Å². The first-order chi connectivity index (χ1) is 10.2. The lowest BCUT2D eigenvalue weighted by molar-refractivity contribution is 0.0482. The highest BCUT2D eigenvalue weighted by Gasteiger charge is 2.30. The molecule has 0 spiro atoms. The Labute approximate surface area is 132 Å². The van der Waals surface area contributed by atoms with Gasteiger partial charge in [-0.15, -0.1) is 0 Å². The van der Waals surface area contributed by atoms with Gasteiger partial charge in [-0.05, 0) is 63.5 Å². The first kappa shape index (κ1) is 16.6. The van der Waals surface area contributed by atoms with E-state index < -0.39 is 5.60 Å². The van der Waals surface area contributed by atoms with Crippen molar-refractivity contribution in [2.24, 2.45) is 5.92 Å². The van der Waals surface area contributed by atoms with Gasteiger partial charge in [-0.3, -0.25) is 4.98 Å². The molecule has 5 nitrogen and oxygen atoms in total. The lowest BCUT2D eigenvalue weighted by Crippen LogP contribution is -2.42. The summed E-state index contributed by atoms with van der Waals surface area (Å²) in [6.45, 7) is 7.83. The van der Waals surface area contributed by atoms with Gasteiger partial charge in [0.25, 0.3) is 0 Å². The van der Waals surface area contributed by atoms with E-state index in [2.05, 4.69) is 17.2 Å². The van der Waals surface area contributed by atoms with E-state index in [9.17, 15) is 4.79 Å². The molecular formula is C17H27N3O2. The van der Waals surface area contributed by atoms with Gasteiger partial charge in [0.05, 0.1) is 11.9 Å². The predicted octanol–water partition coefficient (Wildman–Crippen LogP) is 3.46. The van der Waals surface area contributed by atoms with Gasteiger partial charge < -0.3 is 15.8 Å². The molecule has 1 amide bonds. The van der Waals surface area contributed by atoms with Crippen LogP contribution in [0.1, 0.15) is 58.4 Å². The summed E-state index contributed by atoms with van der Waals surface area (Å²) in [7, 11) is 0. The highest BCUT2D eigenvalue weighted by Crippen LogP contribution is 2.38. The number of carbonyl (C=O) groups excluding carboxylic acids is 1. The molecule has 1 aromatic rings. The third-order valence-corrected chi connectivity index (χ3v) is 3.99. The molecule has 0 radical (unpaired) electrons. The van der Waals surface area contributed by atoms with Gasteiger partial charge in [0, 0.05) is 12.2 Å². The van der Waals surface area contributed by atoms with Crippen molar-refractivity contribution in [3.8, 4) is 0 Å². The van der Waals surface area contributed by atoms with Crippen LogP contribution in [0.25, 0.3) is 0 Å². The molecule has 1 aliphatic rings. The van der Waals surface area contributed by atoms with Crippen LogP contribution in [0.15, 0.2) is 18.5 Å². The molecule has 0 aliphatic heterocycles. The SMILES string of the molecule is C[C@@H]1C[C@@H](NC(=O)OC(C)(C)C)C[C@H](c2ccncc2N)C1. The molecule has 0 bridgehead atoms. The third-order valence-electron chi connectivity index (χ3n) is 3.99. The smallest absolute Gasteiger partial charge is 0.407 e. The summed E-state index contributed by atoms with van der Waals surface area (Å²) in [5, 5.41) is 3.01. The Kier molecular flexibility index (Phi) is 4.94. The highest BCUT2D eigenvalue weighted by molar-refractivity contribution is 5.68. The van der Waals surface area contributed by atoms with Crippen LogP contribution in [0, 0.1) is 5.92 Å². The van der Waals surface area contributed by atoms with Gasteiger partial charge in [0.1, 0.15) is 5.60 Å². The quantitative estimate of drug-likeness (QED) is 0.877. The second-order valence-corrected chi connectivity index (χ2v) is 7.36. The van der Waals surface area contributed by atoms with Crippen molar-refractivity contribution in [1.29, 1.82) is 0 Å². The van der Waals surface area contributed by atoms with Crippen LogP contribution < -0.4 is 11.1 Å². The number of nitrogens with one attached hydrogen (secondary N) is 1. The normalized spacial score (nSPS) is 25.5. The zero-order valence-corrected chi connectivity index (χ0v) is 13.9. The maximum Gasteiger partial charge on any atom is 0.407 e. The van der Waals surface area contributed by atoms with Crippen molar-refractivity contribution in [3.05, 3.63) is 24.0 Å². The lowest BCUT2D eigenvalue weighted by Gasteiger charge is -2.34. The number of carbonyl (C=O) groups is 1. The Hall–Kier alpha value is -1.78. The summed E-state index contributed by atoms with van der Waals surface area (Å²) in [6, 6.07) is 2.11. The Morgan fingerprint density at radius 1 is 1.36 bits per heavy atom. The standard InChI is InChI=1S/C17H27N3O2/c1-11-7-12(14-5-6-19-10-15(14)18)9-13(8-11)20-16(21)22-17(2,3)4/h5-6,10-13H,7-9,18H2,1-4H3,(H,20,21)/t11-,12+,13+/m0/s1. The number of nitrogen functional groups attached to an aromatic ring is 1. The van der Waals surface area contributed by atoms with E-state index in [1.807, 2.05) is 26.8 Å². The molecule has 1 saturated carbocycles. The number of rotatable bonds is 2. The molecule has 0 aromatic carbocycles. The molecule has 1 aromatic heterocycles. The lowest BCUT2D eigenvalue weighted by atomic mass is 9.76. The van der Waals surface area contributed by atoms with E-state index in [-0.39, 0.29) is 12.1 Å². The van der Waals surface area contributed by atoms with Crippen LogP contribution in [-0.2, 0) is 4.74 Å². The van der Waals surface area contributed by atoms with Crippen molar-refractivity contribution < 1.29 is 9.53 Å². The van der Waals surface area contributed by atoms with Crippen molar-refractivity contribution in [2.45, 2.75) is 64.5 Å². The number of alkyl carbamates (subject to hydrolysis) is 1. The molecule has 1 fully saturated rings. The average molecular weight is 305 g/mol. The van der Waals surface area contributed by atoms with Crippen molar-refractivity contribution in [1.82, 2.24) is 10.3 Å². The Morgan fingerprint density at radius 2 is 2.09 bits per heavy atom. The number of hydrogen-bond acceptors (Lipinski definition) is 4. The summed E-state index contributed by atoms with van der Waals surface area (Å²) in [6.07, 6.45) is 6.08. The minimum atomic E-state index is -0.473. The molecule has 1 heterocycles. The van der Waals surface area contributed by atoms with Crippen LogP contribution in [0.3, 0.4) is 0 Å². The molecule has 5 heteroatoms. The number of nitrogens with zero attached hydrogens (tertiary/aromatic N) is 1. The highest BCUT2D eigenvalue weighted by atomic mass is 16.6. The average Bonchev–Trinajstić information content (AvgIpc) is 2.35. The Balaban J connectivity index is 2.02. The summed E-state index contributed by atoms with van der Waals surface area (Å²) in [5.41, 5.74) is 7.45. The number of nitrogens with two attached hydrogens (primary N) is 1. The maximum absolute atomic E-state index is 12.0. The molecule has 2 rings (SSSR count). The molecule has 3 atom stereocenters. The molecule has 0 unspecified atom stereocenters. The fraction of sp³-hybridized carbons (Fsp3) is 0.647. The van der Waals surface area contributed by atoms with Crippen LogP contribution in [-0.4, -0.2) is 22.7 Å². The van der Waals surface area contributed by atoms with E-state index in [1.165, 1.54) is 0 Å². The largest absolute Gasteiger partial charge is 0.444 e. The minimum absolute atomic E-state index is 0.121. The fourth-order valence-electron chi connectivity index (χ4n) is 3.24. The number of amides is 1. The second-order valence-electron chi connectivity index (χ2n) is 7.36. The van der Waals surface area contributed by atoms with Crippen LogP contribution in [0.5, 0.6) is 0 Å². The van der Waals surface area contributed by atoms with Crippen LogP contribution in [0.4, 0.5) is 10.5 Å². The molecule has 0 saturated heterocycles. The van der Waals surface area contributed by atoms with Crippen LogP contribution >= 0.6 is 0 Å². The van der Waals surface area contributed by atoms with Crippen molar-refractivity contribution >= 4 is 11.8 Å². The molecule has 3 N–H and O–H groups in total. The second kappa shape index (κ2) is 6.55. The third kappa shape index (κ3) is 4.61. The topological polar surface area (TPSA) is 77.2 Å². The maximum atomic E-state index is 12.0. The number of ether oxygens (including phenoxy) is 1. The molecule has 122 valence electrons. The van der Waals surface area contributed by atoms with E-state index >= 15 is 0 Å². The molecular weight excluding hydrogens is 278 g/mol.